The largest absolute Gasteiger partial charge is 0.493 e. The fourth-order valence-electron chi connectivity index (χ4n) is 3.61. The molecule has 2 unspecified atom stereocenters. The van der Waals surface area contributed by atoms with Gasteiger partial charge in [0.2, 0.25) is 5.78 Å². The minimum Gasteiger partial charge on any atom is -0.493 e. The van der Waals surface area contributed by atoms with Crippen LogP contribution in [-0.4, -0.2) is 25.8 Å². The van der Waals surface area contributed by atoms with Gasteiger partial charge in [-0.3, -0.25) is 9.59 Å². The Morgan fingerprint density at radius 1 is 0.880 bits per heavy atom. The van der Waals surface area contributed by atoms with E-state index in [2.05, 4.69) is 0 Å². The van der Waals surface area contributed by atoms with E-state index in [0.717, 1.165) is 0 Å². The third-order valence-electron chi connectivity index (χ3n) is 4.77. The summed E-state index contributed by atoms with van der Waals surface area (Å²) in [5, 5.41) is 0. The molecule has 2 atom stereocenters. The van der Waals surface area contributed by atoms with Gasteiger partial charge in [-0.05, 0) is 18.1 Å². The Hall–Kier alpha value is -2.72. The SMILES string of the molecule is COC1=C(C)C(=O)C(OC)(c2ccccc2)C(c2ccccc2)C1=O. The second-order valence-electron chi connectivity index (χ2n) is 6.00. The number of carbonyl (C=O) groups excluding carboxylic acids is 2. The Kier molecular flexibility index (Phi) is 4.55. The molecule has 25 heavy (non-hydrogen) atoms. The molecule has 4 nitrogen and oxygen atoms in total. The van der Waals surface area contributed by atoms with Crippen molar-refractivity contribution in [2.24, 2.45) is 0 Å². The van der Waals surface area contributed by atoms with Gasteiger partial charge in [0.05, 0.1) is 13.0 Å². The lowest BCUT2D eigenvalue weighted by Crippen LogP contribution is -2.51. The van der Waals surface area contributed by atoms with Crippen molar-refractivity contribution >= 4 is 11.6 Å². The summed E-state index contributed by atoms with van der Waals surface area (Å²) in [7, 11) is 2.88. The summed E-state index contributed by atoms with van der Waals surface area (Å²) in [6.07, 6.45) is 0. The minimum atomic E-state index is -1.41. The molecule has 0 saturated heterocycles. The first-order valence-corrected chi connectivity index (χ1v) is 8.07. The molecule has 0 amide bonds. The lowest BCUT2D eigenvalue weighted by molar-refractivity contribution is -0.151. The molecule has 0 aromatic heterocycles. The van der Waals surface area contributed by atoms with Gasteiger partial charge in [-0.15, -0.1) is 0 Å². The molecule has 0 radical (unpaired) electrons. The topological polar surface area (TPSA) is 52.6 Å². The number of ether oxygens (including phenoxy) is 2. The normalized spacial score (nSPS) is 23.7. The number of benzene rings is 2. The van der Waals surface area contributed by atoms with Gasteiger partial charge in [0, 0.05) is 12.7 Å². The molecule has 0 N–H and O–H groups in total. The maximum atomic E-state index is 13.4. The fourth-order valence-corrected chi connectivity index (χ4v) is 3.61. The highest BCUT2D eigenvalue weighted by atomic mass is 16.5. The van der Waals surface area contributed by atoms with Gasteiger partial charge in [-0.1, -0.05) is 60.7 Å². The molecular formula is C21H20O4. The number of methoxy groups -OCH3 is 2. The van der Waals surface area contributed by atoms with Crippen LogP contribution >= 0.6 is 0 Å². The van der Waals surface area contributed by atoms with Crippen LogP contribution in [0.5, 0.6) is 0 Å². The Morgan fingerprint density at radius 3 is 1.96 bits per heavy atom. The van der Waals surface area contributed by atoms with Crippen LogP contribution in [0.2, 0.25) is 0 Å². The van der Waals surface area contributed by atoms with Crippen LogP contribution in [0, 0.1) is 0 Å². The number of ketones is 2. The predicted octanol–water partition coefficient (Wildman–Crippen LogP) is 3.38. The molecule has 0 heterocycles. The second-order valence-corrected chi connectivity index (χ2v) is 6.00. The van der Waals surface area contributed by atoms with Crippen molar-refractivity contribution < 1.29 is 19.1 Å². The predicted molar refractivity (Wildman–Crippen MR) is 94.0 cm³/mol. The lowest BCUT2D eigenvalue weighted by atomic mass is 9.67. The summed E-state index contributed by atoms with van der Waals surface area (Å²) in [5.74, 6) is -1.22. The molecule has 2 aromatic rings. The standard InChI is InChI=1S/C21H20O4/c1-14-19(24-2)18(22)17(15-10-6-4-7-11-15)21(25-3,20(14)23)16-12-8-5-9-13-16/h4-13,17H,1-3H3. The fraction of sp³-hybridized carbons (Fsp3) is 0.238. The van der Waals surface area contributed by atoms with Crippen molar-refractivity contribution in [2.75, 3.05) is 14.2 Å². The number of Topliss-reactive ketones (excluding diaryl/α,β-unsaturated/α-hetero) is 2. The van der Waals surface area contributed by atoms with Crippen LogP contribution in [0.25, 0.3) is 0 Å². The summed E-state index contributed by atoms with van der Waals surface area (Å²) in [4.78, 5) is 26.6. The smallest absolute Gasteiger partial charge is 0.208 e. The number of allylic oxidation sites excluding steroid dienone is 1. The first-order chi connectivity index (χ1) is 12.1. The number of hydrogen-bond donors (Lipinski definition) is 0. The molecule has 128 valence electrons. The van der Waals surface area contributed by atoms with E-state index in [9.17, 15) is 9.59 Å². The van der Waals surface area contributed by atoms with Crippen molar-refractivity contribution in [3.05, 3.63) is 83.1 Å². The van der Waals surface area contributed by atoms with Crippen LogP contribution in [0.1, 0.15) is 24.0 Å². The van der Waals surface area contributed by atoms with E-state index in [1.165, 1.54) is 14.2 Å². The number of hydrogen-bond acceptors (Lipinski definition) is 4. The van der Waals surface area contributed by atoms with Crippen molar-refractivity contribution in [2.45, 2.75) is 18.4 Å². The highest BCUT2D eigenvalue weighted by Crippen LogP contribution is 2.47. The van der Waals surface area contributed by atoms with Gasteiger partial charge in [0.1, 0.15) is 0 Å². The lowest BCUT2D eigenvalue weighted by Gasteiger charge is -2.41. The van der Waals surface area contributed by atoms with Crippen LogP contribution < -0.4 is 0 Å². The van der Waals surface area contributed by atoms with Crippen LogP contribution in [0.4, 0.5) is 0 Å². The summed E-state index contributed by atoms with van der Waals surface area (Å²) in [6.45, 7) is 1.61. The van der Waals surface area contributed by atoms with Crippen LogP contribution in [0.15, 0.2) is 72.0 Å². The van der Waals surface area contributed by atoms with Crippen molar-refractivity contribution in [1.29, 1.82) is 0 Å². The number of rotatable bonds is 4. The van der Waals surface area contributed by atoms with Gasteiger partial charge in [0.25, 0.3) is 0 Å². The molecule has 4 heteroatoms. The molecule has 2 aromatic carbocycles. The molecule has 1 aliphatic carbocycles. The van der Waals surface area contributed by atoms with Crippen molar-refractivity contribution in [3.63, 3.8) is 0 Å². The zero-order valence-electron chi connectivity index (χ0n) is 14.5. The van der Waals surface area contributed by atoms with E-state index in [4.69, 9.17) is 9.47 Å². The van der Waals surface area contributed by atoms with Gasteiger partial charge >= 0.3 is 0 Å². The van der Waals surface area contributed by atoms with Crippen molar-refractivity contribution in [1.82, 2.24) is 0 Å². The molecule has 0 aliphatic heterocycles. The Morgan fingerprint density at radius 2 is 1.44 bits per heavy atom. The average molecular weight is 336 g/mol. The van der Waals surface area contributed by atoms with Crippen LogP contribution in [0.3, 0.4) is 0 Å². The second kappa shape index (κ2) is 6.65. The molecule has 0 fully saturated rings. The van der Waals surface area contributed by atoms with E-state index >= 15 is 0 Å². The maximum absolute atomic E-state index is 13.4. The van der Waals surface area contributed by atoms with Gasteiger partial charge in [-0.25, -0.2) is 0 Å². The van der Waals surface area contributed by atoms with E-state index in [1.807, 2.05) is 60.7 Å². The highest BCUT2D eigenvalue weighted by molar-refractivity contribution is 6.18. The maximum Gasteiger partial charge on any atom is 0.208 e. The van der Waals surface area contributed by atoms with Gasteiger partial charge in [0.15, 0.2) is 17.1 Å². The molecule has 0 spiro atoms. The summed E-state index contributed by atoms with van der Waals surface area (Å²) in [5.41, 5.74) is 0.240. The Bertz CT molecular complexity index is 823. The van der Waals surface area contributed by atoms with E-state index in [-0.39, 0.29) is 22.9 Å². The molecular weight excluding hydrogens is 316 g/mol. The first-order valence-electron chi connectivity index (χ1n) is 8.07. The average Bonchev–Trinajstić information content (AvgIpc) is 2.66. The monoisotopic (exact) mass is 336 g/mol. The molecule has 0 saturated carbocycles. The third-order valence-corrected chi connectivity index (χ3v) is 4.77. The summed E-state index contributed by atoms with van der Waals surface area (Å²) < 4.78 is 11.1. The molecule has 1 aliphatic rings. The van der Waals surface area contributed by atoms with E-state index in [1.54, 1.807) is 6.92 Å². The Labute approximate surface area is 147 Å². The van der Waals surface area contributed by atoms with E-state index < -0.39 is 11.5 Å². The summed E-state index contributed by atoms with van der Waals surface area (Å²) >= 11 is 0. The minimum absolute atomic E-state index is 0.0995. The number of carbonyl (C=O) groups is 2. The zero-order chi connectivity index (χ0) is 18.0. The Balaban J connectivity index is 2.34. The highest BCUT2D eigenvalue weighted by Gasteiger charge is 2.56. The third kappa shape index (κ3) is 2.50. The van der Waals surface area contributed by atoms with Crippen molar-refractivity contribution in [3.8, 4) is 0 Å². The summed E-state index contributed by atoms with van der Waals surface area (Å²) in [6, 6.07) is 18.4. The molecule has 3 rings (SSSR count). The van der Waals surface area contributed by atoms with Gasteiger partial charge < -0.3 is 9.47 Å². The quantitative estimate of drug-likeness (QED) is 0.859. The molecule has 0 bridgehead atoms. The zero-order valence-corrected chi connectivity index (χ0v) is 14.5. The first kappa shape index (κ1) is 17.1. The van der Waals surface area contributed by atoms with Crippen LogP contribution in [-0.2, 0) is 24.7 Å². The van der Waals surface area contributed by atoms with Gasteiger partial charge in [-0.2, -0.15) is 0 Å². The van der Waals surface area contributed by atoms with E-state index in [0.29, 0.717) is 11.1 Å².